The van der Waals surface area contributed by atoms with E-state index in [-0.39, 0.29) is 13.2 Å². The normalized spacial score (nSPS) is 11.5. The Hall–Kier alpha value is -4.59. The highest BCUT2D eigenvalue weighted by molar-refractivity contribution is 5.79. The molecule has 4 rings (SSSR count). The maximum Gasteiger partial charge on any atom is 0.411 e. The number of aryl methyl sites for hydroxylation is 1. The van der Waals surface area contributed by atoms with Crippen molar-refractivity contribution in [1.82, 2.24) is 9.88 Å². The van der Waals surface area contributed by atoms with Crippen LogP contribution in [0.15, 0.2) is 89.3 Å². The van der Waals surface area contributed by atoms with Gasteiger partial charge in [0.2, 0.25) is 5.89 Å². The van der Waals surface area contributed by atoms with Gasteiger partial charge in [-0.1, -0.05) is 60.7 Å². The van der Waals surface area contributed by atoms with Gasteiger partial charge in [-0.05, 0) is 49.2 Å². The molecule has 1 heterocycles. The molecule has 0 radical (unpaired) electrons. The lowest BCUT2D eigenvalue weighted by molar-refractivity contribution is -0.142. The topological polar surface area (TPSA) is 102 Å². The number of aromatic nitrogens is 1. The maximum atomic E-state index is 12.7. The van der Waals surface area contributed by atoms with Crippen LogP contribution in [-0.4, -0.2) is 39.7 Å². The Morgan fingerprint density at radius 2 is 1.61 bits per heavy atom. The average molecular weight is 515 g/mol. The van der Waals surface area contributed by atoms with Crippen molar-refractivity contribution in [3.63, 3.8) is 0 Å². The number of benzene rings is 3. The number of carbonyl (C=O) groups excluding carboxylic acids is 1. The lowest BCUT2D eigenvalue weighted by atomic mass is 10.2. The molecule has 0 saturated carbocycles. The van der Waals surface area contributed by atoms with E-state index in [2.05, 4.69) is 4.98 Å². The van der Waals surface area contributed by atoms with Gasteiger partial charge in [0.25, 0.3) is 0 Å². The van der Waals surface area contributed by atoms with Gasteiger partial charge in [0.15, 0.2) is 0 Å². The van der Waals surface area contributed by atoms with Crippen molar-refractivity contribution in [2.24, 2.45) is 0 Å². The summed E-state index contributed by atoms with van der Waals surface area (Å²) in [4.78, 5) is 30.1. The number of ether oxygens (including phenoxy) is 2. The van der Waals surface area contributed by atoms with E-state index in [1.165, 1.54) is 11.8 Å². The summed E-state index contributed by atoms with van der Waals surface area (Å²) in [5, 5.41) is 9.50. The van der Waals surface area contributed by atoms with Crippen molar-refractivity contribution in [3.8, 4) is 17.2 Å². The number of carbonyl (C=O) groups is 2. The molecule has 3 aromatic carbocycles. The van der Waals surface area contributed by atoms with E-state index in [0.717, 1.165) is 28.1 Å². The van der Waals surface area contributed by atoms with E-state index in [1.54, 1.807) is 24.3 Å². The molecule has 1 amide bonds. The molecular weight excluding hydrogens is 484 g/mol. The van der Waals surface area contributed by atoms with Crippen LogP contribution in [0.25, 0.3) is 11.5 Å². The molecule has 0 aliphatic carbocycles. The number of hydrogen-bond acceptors (Lipinski definition) is 6. The minimum atomic E-state index is -1.11. The molecule has 0 aliphatic rings. The first-order chi connectivity index (χ1) is 18.4. The van der Waals surface area contributed by atoms with Crippen molar-refractivity contribution < 1.29 is 28.6 Å². The van der Waals surface area contributed by atoms with Crippen molar-refractivity contribution in [2.75, 3.05) is 6.61 Å². The van der Waals surface area contributed by atoms with E-state index < -0.39 is 18.1 Å². The fourth-order valence-corrected chi connectivity index (χ4v) is 3.81. The average Bonchev–Trinajstić information content (AvgIpc) is 3.32. The van der Waals surface area contributed by atoms with Crippen LogP contribution >= 0.6 is 0 Å². The molecule has 0 fully saturated rings. The minimum absolute atomic E-state index is 0.0626. The van der Waals surface area contributed by atoms with Gasteiger partial charge in [0, 0.05) is 18.5 Å². The summed E-state index contributed by atoms with van der Waals surface area (Å²) in [6.45, 7) is 3.90. The Labute approximate surface area is 221 Å². The fraction of sp³-hybridized carbons (Fsp3) is 0.233. The smallest absolute Gasteiger partial charge is 0.411 e. The van der Waals surface area contributed by atoms with E-state index in [9.17, 15) is 14.7 Å². The number of aliphatic carboxylic acids is 1. The molecule has 0 aliphatic heterocycles. The number of hydrogen-bond donors (Lipinski definition) is 1. The largest absolute Gasteiger partial charge is 0.493 e. The molecule has 0 spiro atoms. The van der Waals surface area contributed by atoms with Gasteiger partial charge in [0.05, 0.1) is 12.3 Å². The summed E-state index contributed by atoms with van der Waals surface area (Å²) in [5.41, 5.74) is 3.34. The SMILES string of the molecule is Cc1oc(-c2ccccc2)nc1CCOc1ccc(CN(C(=O)OCc2ccccc2)[C@H](C)C(=O)O)cc1. The molecule has 38 heavy (non-hydrogen) atoms. The number of oxazole rings is 1. The van der Waals surface area contributed by atoms with E-state index in [4.69, 9.17) is 13.9 Å². The predicted octanol–water partition coefficient (Wildman–Crippen LogP) is 5.88. The van der Waals surface area contributed by atoms with Crippen molar-refractivity contribution in [2.45, 2.75) is 39.5 Å². The molecule has 8 nitrogen and oxygen atoms in total. The zero-order chi connectivity index (χ0) is 26.9. The van der Waals surface area contributed by atoms with Gasteiger partial charge < -0.3 is 19.0 Å². The van der Waals surface area contributed by atoms with Crippen LogP contribution < -0.4 is 4.74 Å². The van der Waals surface area contributed by atoms with E-state index in [1.807, 2.05) is 67.6 Å². The lowest BCUT2D eigenvalue weighted by Crippen LogP contribution is -2.43. The quantitative estimate of drug-likeness (QED) is 0.266. The highest BCUT2D eigenvalue weighted by Gasteiger charge is 2.27. The Balaban J connectivity index is 1.32. The molecule has 1 aromatic heterocycles. The molecule has 0 bridgehead atoms. The second kappa shape index (κ2) is 12.6. The molecule has 196 valence electrons. The third-order valence-electron chi connectivity index (χ3n) is 6.06. The summed E-state index contributed by atoms with van der Waals surface area (Å²) in [6.07, 6.45) is -0.108. The Morgan fingerprint density at radius 3 is 2.26 bits per heavy atom. The highest BCUT2D eigenvalue weighted by Crippen LogP contribution is 2.22. The zero-order valence-corrected chi connectivity index (χ0v) is 21.4. The van der Waals surface area contributed by atoms with Crippen molar-refractivity contribution >= 4 is 12.1 Å². The van der Waals surface area contributed by atoms with Crippen LogP contribution in [0.3, 0.4) is 0 Å². The number of carboxylic acid groups (broad SMARTS) is 1. The molecule has 8 heteroatoms. The van der Waals surface area contributed by atoms with Crippen LogP contribution in [0.2, 0.25) is 0 Å². The van der Waals surface area contributed by atoms with Crippen LogP contribution in [-0.2, 0) is 29.1 Å². The first-order valence-corrected chi connectivity index (χ1v) is 12.3. The zero-order valence-electron chi connectivity index (χ0n) is 21.4. The first-order valence-electron chi connectivity index (χ1n) is 12.3. The molecule has 4 aromatic rings. The van der Waals surface area contributed by atoms with Crippen LogP contribution in [0, 0.1) is 6.92 Å². The van der Waals surface area contributed by atoms with E-state index in [0.29, 0.717) is 24.7 Å². The summed E-state index contributed by atoms with van der Waals surface area (Å²) < 4.78 is 17.1. The van der Waals surface area contributed by atoms with Gasteiger partial charge in [-0.2, -0.15) is 0 Å². The summed E-state index contributed by atoms with van der Waals surface area (Å²) in [5.74, 6) is 0.891. The predicted molar refractivity (Wildman–Crippen MR) is 142 cm³/mol. The van der Waals surface area contributed by atoms with Gasteiger partial charge in [0.1, 0.15) is 24.2 Å². The Morgan fingerprint density at radius 1 is 0.947 bits per heavy atom. The molecule has 0 unspecified atom stereocenters. The third-order valence-corrected chi connectivity index (χ3v) is 6.06. The lowest BCUT2D eigenvalue weighted by Gasteiger charge is -2.26. The molecule has 1 N–H and O–H groups in total. The van der Waals surface area contributed by atoms with Gasteiger partial charge in [-0.25, -0.2) is 14.6 Å². The van der Waals surface area contributed by atoms with Crippen molar-refractivity contribution in [3.05, 3.63) is 108 Å². The highest BCUT2D eigenvalue weighted by atomic mass is 16.6. The number of carboxylic acids is 1. The molecule has 1 atom stereocenters. The number of nitrogens with zero attached hydrogens (tertiary/aromatic N) is 2. The van der Waals surface area contributed by atoms with Gasteiger partial charge >= 0.3 is 12.1 Å². The first kappa shape index (κ1) is 26.5. The van der Waals surface area contributed by atoms with Crippen LogP contribution in [0.5, 0.6) is 5.75 Å². The number of rotatable bonds is 11. The standard InChI is InChI=1S/C30H30N2O6/c1-21(29(33)34)32(30(35)37-20-24-9-5-3-6-10-24)19-23-13-15-26(16-14-23)36-18-17-27-22(2)38-28(31-27)25-11-7-4-8-12-25/h3-16,21H,17-20H2,1-2H3,(H,33,34)/t21-/m1/s1. The second-order valence-electron chi connectivity index (χ2n) is 8.81. The van der Waals surface area contributed by atoms with Crippen LogP contribution in [0.4, 0.5) is 4.79 Å². The number of amides is 1. The summed E-state index contributed by atoms with van der Waals surface area (Å²) in [6, 6.07) is 25.1. The van der Waals surface area contributed by atoms with E-state index >= 15 is 0 Å². The monoisotopic (exact) mass is 514 g/mol. The van der Waals surface area contributed by atoms with Gasteiger partial charge in [-0.15, -0.1) is 0 Å². The van der Waals surface area contributed by atoms with Crippen molar-refractivity contribution in [1.29, 1.82) is 0 Å². The van der Waals surface area contributed by atoms with Crippen LogP contribution in [0.1, 0.15) is 29.5 Å². The Bertz CT molecular complexity index is 1340. The Kier molecular flexibility index (Phi) is 8.77. The third kappa shape index (κ3) is 7.00. The summed E-state index contributed by atoms with van der Waals surface area (Å²) >= 11 is 0. The molecular formula is C30H30N2O6. The molecule has 0 saturated heterocycles. The van der Waals surface area contributed by atoms with Gasteiger partial charge in [-0.3, -0.25) is 4.90 Å². The summed E-state index contributed by atoms with van der Waals surface area (Å²) in [7, 11) is 0. The second-order valence-corrected chi connectivity index (χ2v) is 8.81. The maximum absolute atomic E-state index is 12.7. The minimum Gasteiger partial charge on any atom is -0.493 e. The fourth-order valence-electron chi connectivity index (χ4n) is 3.81.